The Morgan fingerprint density at radius 1 is 0.489 bits per heavy atom. The first-order valence-corrected chi connectivity index (χ1v) is 33.3. The van der Waals surface area contributed by atoms with Gasteiger partial charge in [0.25, 0.3) is 0 Å². The van der Waals surface area contributed by atoms with Crippen LogP contribution in [0.15, 0.2) is 72.8 Å². The Balaban J connectivity index is 0.000000166. The van der Waals surface area contributed by atoms with Crippen molar-refractivity contribution in [3.05, 3.63) is 155 Å². The average Bonchev–Trinajstić information content (AvgIpc) is 1.54. The van der Waals surface area contributed by atoms with Crippen molar-refractivity contribution in [1.82, 2.24) is 29.1 Å². The van der Waals surface area contributed by atoms with Gasteiger partial charge in [0.1, 0.15) is 16.9 Å². The highest BCUT2D eigenvalue weighted by Gasteiger charge is 2.38. The molecule has 2 aliphatic carbocycles. The van der Waals surface area contributed by atoms with Gasteiger partial charge in [0.15, 0.2) is 18.3 Å². The number of aliphatic carboxylic acids is 1. The first-order chi connectivity index (χ1) is 44.0. The van der Waals surface area contributed by atoms with Crippen molar-refractivity contribution in [3.8, 4) is 33.4 Å². The molecule has 2 N–H and O–H groups in total. The van der Waals surface area contributed by atoms with Gasteiger partial charge in [-0.1, -0.05) is 71.2 Å². The number of rotatable bonds is 16. The average molecular weight is 1340 g/mol. The number of H-pyrrole nitrogens is 1. The number of carbonyl (C=O) groups excluding carboxylic acids is 2. The van der Waals surface area contributed by atoms with Gasteiger partial charge in [0.05, 0.1) is 31.0 Å². The summed E-state index contributed by atoms with van der Waals surface area (Å²) in [4.78, 5) is 56.4. The molecule has 3 atom stereocenters. The summed E-state index contributed by atoms with van der Waals surface area (Å²) in [7, 11) is 2.77. The molecule has 0 aliphatic heterocycles. The van der Waals surface area contributed by atoms with E-state index in [1.807, 2.05) is 170 Å². The van der Waals surface area contributed by atoms with Crippen molar-refractivity contribution in [2.45, 2.75) is 199 Å². The van der Waals surface area contributed by atoms with E-state index >= 15 is 0 Å². The summed E-state index contributed by atoms with van der Waals surface area (Å²) < 4.78 is 33.5. The van der Waals surface area contributed by atoms with Gasteiger partial charge >= 0.3 is 17.9 Å². The van der Waals surface area contributed by atoms with E-state index < -0.39 is 53.0 Å². The summed E-state index contributed by atoms with van der Waals surface area (Å²) in [5.74, 6) is -0.501. The Kier molecular flexibility index (Phi) is 21.1. The number of pyridine rings is 3. The number of aromatic nitrogens is 6. The molecule has 18 heteroatoms. The van der Waals surface area contributed by atoms with E-state index in [0.717, 1.165) is 108 Å². The van der Waals surface area contributed by atoms with Gasteiger partial charge in [-0.15, -0.1) is 0 Å². The minimum Gasteiger partial charge on any atom is -0.479 e. The van der Waals surface area contributed by atoms with E-state index in [0.29, 0.717) is 49.4 Å². The van der Waals surface area contributed by atoms with Gasteiger partial charge in [-0.3, -0.25) is 0 Å². The zero-order valence-electron chi connectivity index (χ0n) is 58.1. The molecule has 2 aliphatic rings. The molecule has 2 fully saturated rings. The number of esters is 2. The van der Waals surface area contributed by atoms with E-state index in [9.17, 15) is 19.5 Å². The van der Waals surface area contributed by atoms with Crippen LogP contribution in [-0.2, 0) is 51.2 Å². The van der Waals surface area contributed by atoms with Gasteiger partial charge < -0.3 is 42.9 Å². The fourth-order valence-corrected chi connectivity index (χ4v) is 12.8. The number of halogens is 3. The third kappa shape index (κ3) is 15.6. The molecular formula is C76H91Cl3N6O9. The predicted molar refractivity (Wildman–Crippen MR) is 377 cm³/mol. The van der Waals surface area contributed by atoms with Crippen molar-refractivity contribution in [3.63, 3.8) is 0 Å². The molecular weight excluding hydrogens is 1250 g/mol. The van der Waals surface area contributed by atoms with Gasteiger partial charge in [-0.05, 0) is 232 Å². The number of aryl methyl sites for hydroxylation is 7. The fraction of sp³-hybridized carbons (Fsp3) is 0.447. The first kappa shape index (κ1) is 71.2. The van der Waals surface area contributed by atoms with Crippen molar-refractivity contribution in [2.24, 2.45) is 11.8 Å². The second kappa shape index (κ2) is 27.9. The summed E-state index contributed by atoms with van der Waals surface area (Å²) in [6.45, 7) is 37.4. The monoisotopic (exact) mass is 1340 g/mol. The maximum Gasteiger partial charge on any atom is 0.339 e. The minimum absolute atomic E-state index is 0.434. The van der Waals surface area contributed by atoms with E-state index in [4.69, 9.17) is 73.4 Å². The molecule has 6 aromatic heterocycles. The standard InChI is InChI=1S/C27H33ClN2O3.C26H31ClN2O3.C23H27ClN2O3/c1-15-17(3)30(14-18-8-9-18)25-21(15)23(19-10-12-20(28)13-11-19)22(16(2)29-25)24(26(31)32-7)33-27(4,5)6;1-14-16(3)29(13-17-7-8-17)24-20(14)22(18-9-11-19(27)12-10-18)21(15(2)28-24)23(25(30)31)32-26(4,5)6;1-12-13(2)25-21-17(12)19(15-8-10-16(24)11-9-15)18(14(3)26-21)20(22(27)28-7)29-23(4,5)6/h10-13,18,24H,8-9,14H2,1-7H3;9-12,17,23H,7-8,13H2,1-6H3,(H,30,31);8-11,20H,1-7H3,(H,25,26). The maximum atomic E-state index is 13.0. The lowest BCUT2D eigenvalue weighted by Gasteiger charge is -2.29. The van der Waals surface area contributed by atoms with Crippen LogP contribution in [0.4, 0.5) is 0 Å². The molecule has 500 valence electrons. The molecule has 0 saturated heterocycles. The van der Waals surface area contributed by atoms with Crippen LogP contribution in [0.5, 0.6) is 0 Å². The number of nitrogens with one attached hydrogen (secondary N) is 1. The number of carboxylic acids is 1. The van der Waals surface area contributed by atoms with E-state index in [1.165, 1.54) is 56.9 Å². The second-order valence-corrected chi connectivity index (χ2v) is 29.5. The molecule has 3 unspecified atom stereocenters. The minimum atomic E-state index is -1.14. The van der Waals surface area contributed by atoms with Crippen LogP contribution in [-0.4, -0.2) is 83.1 Å². The molecule has 3 aromatic carbocycles. The summed E-state index contributed by atoms with van der Waals surface area (Å²) in [5, 5.41) is 15.1. The molecule has 0 bridgehead atoms. The maximum absolute atomic E-state index is 13.0. The Morgan fingerprint density at radius 3 is 1.11 bits per heavy atom. The Hall–Kier alpha value is -7.11. The topological polar surface area (TPSA) is 182 Å². The lowest BCUT2D eigenvalue weighted by molar-refractivity contribution is -0.164. The Bertz CT molecular complexity index is 4330. The summed E-state index contributed by atoms with van der Waals surface area (Å²) in [6, 6.07) is 22.9. The third-order valence-corrected chi connectivity index (χ3v) is 18.3. The Morgan fingerprint density at radius 2 is 0.798 bits per heavy atom. The molecule has 11 rings (SSSR count). The summed E-state index contributed by atoms with van der Waals surface area (Å²) >= 11 is 18.5. The van der Waals surface area contributed by atoms with Crippen molar-refractivity contribution in [1.29, 1.82) is 0 Å². The number of methoxy groups -OCH3 is 2. The quantitative estimate of drug-likeness (QED) is 0.0875. The van der Waals surface area contributed by atoms with Crippen molar-refractivity contribution >= 4 is 85.8 Å². The highest BCUT2D eigenvalue weighted by atomic mass is 35.5. The van der Waals surface area contributed by atoms with Crippen LogP contribution in [0.25, 0.3) is 66.5 Å². The molecule has 6 heterocycles. The van der Waals surface area contributed by atoms with Crippen LogP contribution in [0, 0.1) is 74.1 Å². The largest absolute Gasteiger partial charge is 0.479 e. The summed E-state index contributed by atoms with van der Waals surface area (Å²) in [6.07, 6.45) is 2.09. The van der Waals surface area contributed by atoms with Crippen LogP contribution >= 0.6 is 34.8 Å². The number of hydrogen-bond acceptors (Lipinski definition) is 11. The van der Waals surface area contributed by atoms with Gasteiger partial charge in [0, 0.05) is 112 Å². The smallest absolute Gasteiger partial charge is 0.339 e. The predicted octanol–water partition coefficient (Wildman–Crippen LogP) is 19.2. The van der Waals surface area contributed by atoms with Gasteiger partial charge in [-0.25, -0.2) is 29.3 Å². The van der Waals surface area contributed by atoms with E-state index in [1.54, 1.807) is 0 Å². The zero-order chi connectivity index (χ0) is 69.0. The molecule has 0 radical (unpaired) electrons. The van der Waals surface area contributed by atoms with Gasteiger partial charge in [-0.2, -0.15) is 0 Å². The highest BCUT2D eigenvalue weighted by Crippen LogP contribution is 2.47. The number of ether oxygens (including phenoxy) is 5. The summed E-state index contributed by atoms with van der Waals surface area (Å²) in [5.41, 5.74) is 17.5. The number of fused-ring (bicyclic) bond motifs is 3. The number of benzene rings is 3. The van der Waals surface area contributed by atoms with Crippen molar-refractivity contribution < 1.29 is 43.2 Å². The van der Waals surface area contributed by atoms with E-state index in [2.05, 4.69) is 41.8 Å². The van der Waals surface area contributed by atoms with Crippen LogP contribution in [0.1, 0.15) is 174 Å². The fourth-order valence-electron chi connectivity index (χ4n) is 12.5. The number of carboxylic acid groups (broad SMARTS) is 1. The van der Waals surface area contributed by atoms with Crippen LogP contribution in [0.3, 0.4) is 0 Å². The number of nitrogens with zero attached hydrogens (tertiary/aromatic N) is 5. The lowest BCUT2D eigenvalue weighted by Crippen LogP contribution is -2.29. The normalized spacial score (nSPS) is 14.5. The zero-order valence-corrected chi connectivity index (χ0v) is 60.4. The number of hydrogen-bond donors (Lipinski definition) is 2. The SMILES string of the molecule is COC(=O)C(OC(C)(C)C)c1c(C)nc2[nH]c(C)c(C)c2c1-c1ccc(Cl)cc1.COC(=O)C(OC(C)(C)C)c1c(C)nc2c(c(C)c(C)n2CC2CC2)c1-c1ccc(Cl)cc1.Cc1nc2c(c(C)c(C)n2CC2CC2)c(-c2ccc(Cl)cc2)c1C(OC(C)(C)C)C(=O)O. The molecule has 94 heavy (non-hydrogen) atoms. The van der Waals surface area contributed by atoms with Crippen LogP contribution < -0.4 is 0 Å². The second-order valence-electron chi connectivity index (χ2n) is 28.2. The lowest BCUT2D eigenvalue weighted by atomic mass is 9.91. The first-order valence-electron chi connectivity index (χ1n) is 32.2. The molecule has 15 nitrogen and oxygen atoms in total. The third-order valence-electron chi connectivity index (χ3n) is 17.6. The molecule has 2 saturated carbocycles. The highest BCUT2D eigenvalue weighted by molar-refractivity contribution is 6.31. The van der Waals surface area contributed by atoms with Crippen LogP contribution in [0.2, 0.25) is 15.1 Å². The van der Waals surface area contributed by atoms with Gasteiger partial charge in [0.2, 0.25) is 0 Å². The van der Waals surface area contributed by atoms with E-state index in [-0.39, 0.29) is 0 Å². The molecule has 9 aromatic rings. The Labute approximate surface area is 568 Å². The number of aromatic amines is 1. The number of carbonyl (C=O) groups is 3. The molecule has 0 spiro atoms. The van der Waals surface area contributed by atoms with Crippen molar-refractivity contribution in [2.75, 3.05) is 14.2 Å². The molecule has 0 amide bonds.